The predicted octanol–water partition coefficient (Wildman–Crippen LogP) is 15.4. The van der Waals surface area contributed by atoms with Gasteiger partial charge in [-0.15, -0.1) is 0 Å². The average molecular weight is 1030 g/mol. The number of aliphatic imine (C=N–C) groups is 3. The number of allylic oxidation sites excluding steroid dienone is 14. The number of hydrogen-bond acceptors (Lipinski definition) is 6. The normalized spacial score (nSPS) is 31.2. The molecule has 392 valence electrons. The van der Waals surface area contributed by atoms with Gasteiger partial charge in [-0.25, -0.2) is 9.98 Å². The molecule has 5 heterocycles. The van der Waals surface area contributed by atoms with Crippen molar-refractivity contribution in [3.63, 3.8) is 0 Å². The summed E-state index contributed by atoms with van der Waals surface area (Å²) >= 11 is 0. The zero-order valence-corrected chi connectivity index (χ0v) is 45.0. The van der Waals surface area contributed by atoms with Gasteiger partial charge in [0.15, 0.2) is 6.17 Å². The molecule has 9 unspecified atom stereocenters. The predicted molar refractivity (Wildman–Crippen MR) is 319 cm³/mol. The average Bonchev–Trinajstić information content (AvgIpc) is 4.37. The number of fused-ring (bicyclic) bond motifs is 12. The molecule has 10 atom stereocenters. The Kier molecular flexibility index (Phi) is 11.8. The Labute approximate surface area is 459 Å². The Hall–Kier alpha value is -6.83. The van der Waals surface area contributed by atoms with E-state index < -0.39 is 0 Å². The van der Waals surface area contributed by atoms with Gasteiger partial charge in [0.05, 0.1) is 17.9 Å². The van der Waals surface area contributed by atoms with Crippen molar-refractivity contribution in [1.82, 2.24) is 9.88 Å². The van der Waals surface area contributed by atoms with Gasteiger partial charge in [0.25, 0.3) is 0 Å². The van der Waals surface area contributed by atoms with Crippen LogP contribution in [0, 0.1) is 29.6 Å². The summed E-state index contributed by atoms with van der Waals surface area (Å²) in [5.74, 6) is 4.44. The number of nitrogens with zero attached hydrogens (tertiary/aromatic N) is 4. The van der Waals surface area contributed by atoms with E-state index in [0.717, 1.165) is 94.5 Å². The number of rotatable bonds is 8. The van der Waals surface area contributed by atoms with Gasteiger partial charge in [-0.3, -0.25) is 4.99 Å². The first-order valence-electron chi connectivity index (χ1n) is 30.2. The highest BCUT2D eigenvalue weighted by atomic mass is 16.5. The van der Waals surface area contributed by atoms with Gasteiger partial charge in [-0.2, -0.15) is 0 Å². The Morgan fingerprint density at radius 1 is 0.744 bits per heavy atom. The van der Waals surface area contributed by atoms with Crippen molar-refractivity contribution in [2.75, 3.05) is 0 Å². The maximum Gasteiger partial charge on any atom is 0.150 e. The van der Waals surface area contributed by atoms with Gasteiger partial charge in [0, 0.05) is 82.4 Å². The SMILES string of the molecule is C1=CCC(Cc2cc3ccccc3c3cc4c(cc23)OC2CC(C3C=NC(C5CCC6C7=Cc8c9c(n(C%10CC=CCC%10)c8CC7OC6C5)CCCC9)=C(C5=N[C@H](C6C=CC=CC6)N=C(C6=CCCC=C6)N5)C3)=CC=C42)C=C1. The Bertz CT molecular complexity index is 3640. The molecule has 0 bridgehead atoms. The van der Waals surface area contributed by atoms with Crippen molar-refractivity contribution in [3.8, 4) is 5.75 Å². The van der Waals surface area contributed by atoms with Gasteiger partial charge < -0.3 is 19.4 Å². The number of ether oxygens (including phenoxy) is 2. The zero-order valence-electron chi connectivity index (χ0n) is 45.0. The van der Waals surface area contributed by atoms with E-state index in [2.05, 4.69) is 156 Å². The van der Waals surface area contributed by atoms with Crippen LogP contribution in [0.4, 0.5) is 0 Å². The molecule has 8 aliphatic carbocycles. The third-order valence-electron chi connectivity index (χ3n) is 20.0. The van der Waals surface area contributed by atoms with Crippen LogP contribution in [0.5, 0.6) is 5.75 Å². The molecular weight excluding hydrogens is 955 g/mol. The molecule has 1 saturated heterocycles. The fourth-order valence-electron chi connectivity index (χ4n) is 16.1. The van der Waals surface area contributed by atoms with E-state index in [-0.39, 0.29) is 42.2 Å². The highest BCUT2D eigenvalue weighted by molar-refractivity contribution is 6.17. The van der Waals surface area contributed by atoms with Crippen LogP contribution in [0.25, 0.3) is 33.2 Å². The third-order valence-corrected chi connectivity index (χ3v) is 20.0. The molecule has 12 aliphatic rings. The molecule has 0 radical (unpaired) electrons. The Morgan fingerprint density at radius 2 is 1.67 bits per heavy atom. The molecule has 3 aromatic carbocycles. The number of nitrogens with one attached hydrogen (secondary N) is 1. The number of hydrogen-bond donors (Lipinski definition) is 1. The fourth-order valence-corrected chi connectivity index (χ4v) is 16.1. The second kappa shape index (κ2) is 19.5. The zero-order chi connectivity index (χ0) is 51.3. The summed E-state index contributed by atoms with van der Waals surface area (Å²) < 4.78 is 17.3. The summed E-state index contributed by atoms with van der Waals surface area (Å²) in [6.07, 6.45) is 59.2. The lowest BCUT2D eigenvalue weighted by Crippen LogP contribution is -2.42. The molecule has 16 rings (SSSR count). The monoisotopic (exact) mass is 1030 g/mol. The molecule has 7 nitrogen and oxygen atoms in total. The molecule has 1 saturated carbocycles. The molecular formula is C71H71N5O2. The van der Waals surface area contributed by atoms with Crippen molar-refractivity contribution in [1.29, 1.82) is 0 Å². The number of benzene rings is 3. The Morgan fingerprint density at radius 3 is 2.55 bits per heavy atom. The first kappa shape index (κ1) is 47.2. The summed E-state index contributed by atoms with van der Waals surface area (Å²) in [6.45, 7) is 0. The van der Waals surface area contributed by atoms with Crippen molar-refractivity contribution in [3.05, 3.63) is 195 Å². The summed E-state index contributed by atoms with van der Waals surface area (Å²) in [5, 5.41) is 9.16. The van der Waals surface area contributed by atoms with Crippen LogP contribution >= 0.6 is 0 Å². The van der Waals surface area contributed by atoms with E-state index in [1.54, 1.807) is 28.1 Å². The second-order valence-electron chi connectivity index (χ2n) is 24.6. The number of amidine groups is 2. The molecule has 4 aromatic rings. The van der Waals surface area contributed by atoms with E-state index in [4.69, 9.17) is 24.5 Å². The molecule has 7 heteroatoms. The smallest absolute Gasteiger partial charge is 0.150 e. The van der Waals surface area contributed by atoms with Crippen LogP contribution in [0.3, 0.4) is 0 Å². The molecule has 0 amide bonds. The largest absolute Gasteiger partial charge is 0.485 e. The van der Waals surface area contributed by atoms with E-state index in [0.29, 0.717) is 17.9 Å². The quantitative estimate of drug-likeness (QED) is 0.141. The molecule has 2 fully saturated rings. The first-order valence-corrected chi connectivity index (χ1v) is 30.2. The third kappa shape index (κ3) is 8.19. The van der Waals surface area contributed by atoms with Gasteiger partial charge in [0.1, 0.15) is 23.5 Å². The van der Waals surface area contributed by atoms with Crippen LogP contribution < -0.4 is 10.1 Å². The summed E-state index contributed by atoms with van der Waals surface area (Å²) in [6, 6.07) is 16.7. The van der Waals surface area contributed by atoms with Gasteiger partial charge in [-0.1, -0.05) is 133 Å². The topological polar surface area (TPSA) is 72.5 Å². The molecule has 4 aliphatic heterocycles. The van der Waals surface area contributed by atoms with Gasteiger partial charge >= 0.3 is 0 Å². The minimum absolute atomic E-state index is 0.0411. The van der Waals surface area contributed by atoms with Crippen LogP contribution in [-0.2, 0) is 30.4 Å². The molecule has 1 aromatic heterocycles. The summed E-state index contributed by atoms with van der Waals surface area (Å²) in [4.78, 5) is 16.7. The van der Waals surface area contributed by atoms with E-state index in [1.807, 2.05) is 0 Å². The highest BCUT2D eigenvalue weighted by Gasteiger charge is 2.48. The lowest BCUT2D eigenvalue weighted by Gasteiger charge is -2.36. The lowest BCUT2D eigenvalue weighted by atomic mass is 9.72. The Balaban J connectivity index is 0.725. The number of aromatic nitrogens is 1. The molecule has 1 N–H and O–H groups in total. The van der Waals surface area contributed by atoms with Crippen LogP contribution in [0.1, 0.15) is 130 Å². The minimum Gasteiger partial charge on any atom is -0.485 e. The fraction of sp³-hybridized carbons (Fsp3) is 0.394. The van der Waals surface area contributed by atoms with Gasteiger partial charge in [-0.05, 0) is 165 Å². The first-order chi connectivity index (χ1) is 38.6. The lowest BCUT2D eigenvalue weighted by molar-refractivity contribution is 0.0103. The van der Waals surface area contributed by atoms with Crippen LogP contribution in [0.2, 0.25) is 0 Å². The van der Waals surface area contributed by atoms with E-state index in [1.165, 1.54) is 99.2 Å². The standard InChI is InChI=1S/C71H71N5O2/c1-5-17-43(18-6-1)33-49-34-47-23-13-14-26-52(47)57-38-59-54-31-29-46(36-64(54)77-66(59)40-56(49)57)50-35-61(71-74-69(44-19-7-2-8-20-44)73-70(75-71)45-21-9-3-10-22-45)68(72-42-50)48-30-32-55-60-39-58-53-27-15-16-28-62(53)76(51-24-11-4-12-25-51)63(58)41-67(60)78-65(55)37-48/h1-2,4-9,11,13-14,17,19,21-23,26,29,31,34,38-40,42-44,48,50-51,55,64-65,67,69H,3,10,12,15-16,18,20,24-25,27-28,30,32-33,35-37,41H2,(H,73,74,75)/t43?,44?,48?,50?,51?,55?,64?,65?,67?,69-/m1/s1. The summed E-state index contributed by atoms with van der Waals surface area (Å²) in [5.41, 5.74) is 17.0. The maximum atomic E-state index is 7.37. The van der Waals surface area contributed by atoms with E-state index >= 15 is 0 Å². The molecule has 78 heavy (non-hydrogen) atoms. The maximum absolute atomic E-state index is 7.37. The highest BCUT2D eigenvalue weighted by Crippen LogP contribution is 2.53. The molecule has 0 spiro atoms. The minimum atomic E-state index is -0.219. The summed E-state index contributed by atoms with van der Waals surface area (Å²) in [7, 11) is 0. The van der Waals surface area contributed by atoms with Gasteiger partial charge in [0.2, 0.25) is 0 Å². The van der Waals surface area contributed by atoms with Crippen molar-refractivity contribution in [2.45, 2.75) is 146 Å². The van der Waals surface area contributed by atoms with Crippen molar-refractivity contribution in [2.24, 2.45) is 44.6 Å². The second-order valence-corrected chi connectivity index (χ2v) is 24.6. The van der Waals surface area contributed by atoms with E-state index in [9.17, 15) is 0 Å². The van der Waals surface area contributed by atoms with Crippen molar-refractivity contribution >= 4 is 51.1 Å². The van der Waals surface area contributed by atoms with Crippen LogP contribution in [0.15, 0.2) is 177 Å². The van der Waals surface area contributed by atoms with Crippen molar-refractivity contribution < 1.29 is 9.47 Å². The van der Waals surface area contributed by atoms with Crippen LogP contribution in [-0.4, -0.2) is 46.9 Å².